The van der Waals surface area contributed by atoms with Crippen LogP contribution in [0.15, 0.2) is 102 Å². The third-order valence-corrected chi connectivity index (χ3v) is 8.40. The Morgan fingerprint density at radius 1 is 0.979 bits per heavy atom. The van der Waals surface area contributed by atoms with Gasteiger partial charge in [-0.15, -0.1) is 0 Å². The number of hydrogen-bond donors (Lipinski definition) is 2. The molecule has 1 aliphatic heterocycles. The van der Waals surface area contributed by atoms with E-state index in [1.807, 2.05) is 92.7 Å². The molecule has 2 N–H and O–H groups in total. The van der Waals surface area contributed by atoms with Gasteiger partial charge in [0, 0.05) is 47.7 Å². The zero-order chi connectivity index (χ0) is 32.6. The van der Waals surface area contributed by atoms with E-state index in [1.54, 1.807) is 23.3 Å². The van der Waals surface area contributed by atoms with E-state index < -0.39 is 5.79 Å². The lowest BCUT2D eigenvalue weighted by Gasteiger charge is -2.29. The summed E-state index contributed by atoms with van der Waals surface area (Å²) in [6.45, 7) is 6.19. The van der Waals surface area contributed by atoms with Crippen molar-refractivity contribution in [2.75, 3.05) is 36.9 Å². The van der Waals surface area contributed by atoms with Crippen LogP contribution in [0.25, 0.3) is 5.69 Å². The van der Waals surface area contributed by atoms with E-state index in [0.29, 0.717) is 31.2 Å². The molecule has 0 aliphatic carbocycles. The van der Waals surface area contributed by atoms with Crippen LogP contribution in [-0.4, -0.2) is 57.0 Å². The first-order chi connectivity index (χ1) is 22.9. The molecule has 244 valence electrons. The van der Waals surface area contributed by atoms with Gasteiger partial charge < -0.3 is 24.8 Å². The average molecular weight is 656 g/mol. The van der Waals surface area contributed by atoms with E-state index >= 15 is 0 Å². The van der Waals surface area contributed by atoms with Gasteiger partial charge in [-0.25, -0.2) is 14.0 Å². The minimum atomic E-state index is -0.970. The summed E-state index contributed by atoms with van der Waals surface area (Å²) in [5.74, 6) is -0.226. The molecule has 11 nitrogen and oxygen atoms in total. The summed E-state index contributed by atoms with van der Waals surface area (Å²) >= 11 is 6.14. The molecule has 6 rings (SSSR count). The summed E-state index contributed by atoms with van der Waals surface area (Å²) < 4.78 is 22.0. The number of ether oxygens (including phenoxy) is 3. The largest absolute Gasteiger partial charge is 0.491 e. The number of benzene rings is 3. The number of hydrogen-bond acceptors (Lipinski definition) is 9. The Balaban J connectivity index is 0.961. The molecule has 3 heterocycles. The summed E-state index contributed by atoms with van der Waals surface area (Å²) in [6, 6.07) is 25.1. The van der Waals surface area contributed by atoms with Gasteiger partial charge >= 0.3 is 5.69 Å². The van der Waals surface area contributed by atoms with Crippen LogP contribution >= 0.6 is 11.6 Å². The number of nitrogens with one attached hydrogen (secondary N) is 2. The maximum absolute atomic E-state index is 12.7. The minimum absolute atomic E-state index is 0.0620. The number of rotatable bonds is 14. The van der Waals surface area contributed by atoms with Gasteiger partial charge in [-0.3, -0.25) is 0 Å². The maximum atomic E-state index is 12.7. The summed E-state index contributed by atoms with van der Waals surface area (Å²) in [4.78, 5) is 12.7. The summed E-state index contributed by atoms with van der Waals surface area (Å²) in [5, 5.41) is 19.6. The number of halogens is 1. The van der Waals surface area contributed by atoms with Gasteiger partial charge in [0.05, 0.1) is 24.5 Å². The number of nitrogens with zero attached hydrogens (tertiary/aromatic N) is 5. The Bertz CT molecular complexity index is 1780. The highest BCUT2D eigenvalue weighted by atomic mass is 35.5. The first kappa shape index (κ1) is 32.2. The smallest absolute Gasteiger partial charge is 0.350 e. The molecule has 0 saturated carbocycles. The predicted molar refractivity (Wildman–Crippen MR) is 181 cm³/mol. The van der Waals surface area contributed by atoms with Gasteiger partial charge in [0.2, 0.25) is 0 Å². The molecular formula is C35H38ClN7O4. The Hall–Kier alpha value is -4.71. The maximum Gasteiger partial charge on any atom is 0.350 e. The van der Waals surface area contributed by atoms with Gasteiger partial charge in [-0.1, -0.05) is 30.7 Å². The minimum Gasteiger partial charge on any atom is -0.491 e. The van der Waals surface area contributed by atoms with Crippen molar-refractivity contribution >= 4 is 23.0 Å². The van der Waals surface area contributed by atoms with Crippen molar-refractivity contribution in [2.45, 2.75) is 44.6 Å². The van der Waals surface area contributed by atoms with Crippen LogP contribution in [0.3, 0.4) is 0 Å². The van der Waals surface area contributed by atoms with Crippen molar-refractivity contribution in [2.24, 2.45) is 0 Å². The predicted octanol–water partition coefficient (Wildman–Crippen LogP) is 5.86. The second-order valence-corrected chi connectivity index (χ2v) is 11.9. The molecule has 1 saturated heterocycles. The molecule has 1 unspecified atom stereocenters. The van der Waals surface area contributed by atoms with E-state index in [4.69, 9.17) is 25.8 Å². The molecular weight excluding hydrogens is 618 g/mol. The quantitative estimate of drug-likeness (QED) is 0.142. The molecule has 0 bridgehead atoms. The molecule has 12 heteroatoms. The Morgan fingerprint density at radius 2 is 1.68 bits per heavy atom. The van der Waals surface area contributed by atoms with E-state index in [9.17, 15) is 4.79 Å². The molecule has 0 spiro atoms. The van der Waals surface area contributed by atoms with Crippen molar-refractivity contribution in [3.63, 3.8) is 0 Å². The lowest BCUT2D eigenvalue weighted by Crippen LogP contribution is -2.32. The van der Waals surface area contributed by atoms with Gasteiger partial charge in [-0.2, -0.15) is 15.3 Å². The van der Waals surface area contributed by atoms with Crippen LogP contribution in [0.5, 0.6) is 5.75 Å². The fourth-order valence-electron chi connectivity index (χ4n) is 5.37. The SMILES string of the molecule is CCC(C)n1ncn(-c2ccc(NCCNc3ccc(OC[C@@H]4CO[C@](Cc5ccnnc5)(c5ccc(Cl)cc5)O4)cc3)cc2)c1=O. The molecule has 47 heavy (non-hydrogen) atoms. The Morgan fingerprint density at radius 3 is 2.34 bits per heavy atom. The van der Waals surface area contributed by atoms with Crippen molar-refractivity contribution in [3.05, 3.63) is 124 Å². The van der Waals surface area contributed by atoms with E-state index in [1.165, 1.54) is 4.68 Å². The van der Waals surface area contributed by atoms with E-state index in [2.05, 4.69) is 25.9 Å². The van der Waals surface area contributed by atoms with Gasteiger partial charge in [-0.05, 0) is 85.6 Å². The molecule has 1 fully saturated rings. The molecule has 3 atom stereocenters. The van der Waals surface area contributed by atoms with Crippen molar-refractivity contribution in [3.8, 4) is 11.4 Å². The van der Waals surface area contributed by atoms with Crippen molar-refractivity contribution in [1.29, 1.82) is 0 Å². The van der Waals surface area contributed by atoms with Crippen LogP contribution in [0.1, 0.15) is 37.4 Å². The third kappa shape index (κ3) is 7.82. The third-order valence-electron chi connectivity index (χ3n) is 8.15. The van der Waals surface area contributed by atoms with Crippen LogP contribution in [0.2, 0.25) is 5.02 Å². The molecule has 1 aliphatic rings. The number of anilines is 2. The summed E-state index contributed by atoms with van der Waals surface area (Å²) in [7, 11) is 0. The number of aromatic nitrogens is 5. The molecule has 2 aromatic heterocycles. The lowest BCUT2D eigenvalue weighted by molar-refractivity contribution is -0.178. The van der Waals surface area contributed by atoms with Gasteiger partial charge in [0.15, 0.2) is 5.79 Å². The fraction of sp³-hybridized carbons (Fsp3) is 0.314. The highest BCUT2D eigenvalue weighted by Crippen LogP contribution is 2.38. The first-order valence-electron chi connectivity index (χ1n) is 15.7. The van der Waals surface area contributed by atoms with Crippen LogP contribution in [0.4, 0.5) is 11.4 Å². The highest BCUT2D eigenvalue weighted by Gasteiger charge is 2.43. The van der Waals surface area contributed by atoms with Crippen LogP contribution in [-0.2, 0) is 21.7 Å². The highest BCUT2D eigenvalue weighted by molar-refractivity contribution is 6.30. The van der Waals surface area contributed by atoms with Gasteiger partial charge in [0.25, 0.3) is 0 Å². The van der Waals surface area contributed by atoms with Gasteiger partial charge in [0.1, 0.15) is 24.8 Å². The van der Waals surface area contributed by atoms with Crippen molar-refractivity contribution < 1.29 is 14.2 Å². The van der Waals surface area contributed by atoms with Crippen molar-refractivity contribution in [1.82, 2.24) is 24.5 Å². The van der Waals surface area contributed by atoms with Crippen LogP contribution in [0, 0.1) is 0 Å². The first-order valence-corrected chi connectivity index (χ1v) is 16.1. The summed E-state index contributed by atoms with van der Waals surface area (Å²) in [5.41, 5.74) is 4.44. The topological polar surface area (TPSA) is 117 Å². The van der Waals surface area contributed by atoms with E-state index in [0.717, 1.165) is 46.9 Å². The molecule has 3 aromatic carbocycles. The molecule has 0 amide bonds. The Kier molecular flexibility index (Phi) is 10.2. The fourth-order valence-corrected chi connectivity index (χ4v) is 5.49. The van der Waals surface area contributed by atoms with Crippen LogP contribution < -0.4 is 21.1 Å². The normalized spacial score (nSPS) is 18.1. The molecule has 0 radical (unpaired) electrons. The van der Waals surface area contributed by atoms with E-state index in [-0.39, 0.29) is 17.8 Å². The monoisotopic (exact) mass is 655 g/mol. The standard InChI is InChI=1S/C35H38ClN7O4/c1-3-25(2)43-34(44)42(24-41-43)31-12-8-29(9-13-31)37-18-19-38-30-10-14-32(15-11-30)45-22-33-23-46-35(47-33,20-26-16-17-39-40-21-26)27-4-6-28(36)7-5-27/h4-17,21,24-25,33,37-38H,3,18-20,22-23H2,1-2H3/t25?,33-,35+/m1/s1. The summed E-state index contributed by atoms with van der Waals surface area (Å²) in [6.07, 6.45) is 6.01. The zero-order valence-corrected chi connectivity index (χ0v) is 27.1. The average Bonchev–Trinajstić information content (AvgIpc) is 3.70. The second-order valence-electron chi connectivity index (χ2n) is 11.5. The lowest BCUT2D eigenvalue weighted by atomic mass is 9.98. The molecule has 5 aromatic rings. The Labute approximate surface area is 278 Å². The second kappa shape index (κ2) is 14.8. The zero-order valence-electron chi connectivity index (χ0n) is 26.4.